The van der Waals surface area contributed by atoms with Gasteiger partial charge in [0.25, 0.3) is 0 Å². The minimum Gasteiger partial charge on any atom is -0.493 e. The topological polar surface area (TPSA) is 81.2 Å². The maximum Gasteiger partial charge on any atom is 0.161 e. The highest BCUT2D eigenvalue weighted by Crippen LogP contribution is 2.30. The summed E-state index contributed by atoms with van der Waals surface area (Å²) < 4.78 is 11.1. The van der Waals surface area contributed by atoms with E-state index in [2.05, 4.69) is 4.98 Å². The monoisotopic (exact) mass is 283 g/mol. The molecule has 108 valence electrons. The van der Waals surface area contributed by atoms with E-state index in [9.17, 15) is 0 Å². The van der Waals surface area contributed by atoms with Crippen molar-refractivity contribution in [2.45, 2.75) is 19.6 Å². The van der Waals surface area contributed by atoms with E-state index in [1.165, 1.54) is 0 Å². The van der Waals surface area contributed by atoms with Crippen LogP contribution in [0.3, 0.4) is 0 Å². The van der Waals surface area contributed by atoms with Crippen molar-refractivity contribution in [1.82, 2.24) is 4.98 Å². The van der Waals surface area contributed by atoms with Crippen molar-refractivity contribution < 1.29 is 9.47 Å². The van der Waals surface area contributed by atoms with Crippen LogP contribution >= 0.6 is 0 Å². The number of rotatable bonds is 5. The van der Waals surface area contributed by atoms with Gasteiger partial charge in [0.2, 0.25) is 0 Å². The summed E-state index contributed by atoms with van der Waals surface area (Å²) in [6, 6.07) is 11.1. The molecule has 0 spiro atoms. The van der Waals surface area contributed by atoms with Gasteiger partial charge in [-0.05, 0) is 30.7 Å². The first-order valence-electron chi connectivity index (χ1n) is 6.56. The Kier molecular flexibility index (Phi) is 4.75. The second kappa shape index (κ2) is 6.73. The summed E-state index contributed by atoms with van der Waals surface area (Å²) in [5.74, 6) is 1.22. The molecule has 0 bridgehead atoms. The molecule has 1 aromatic heterocycles. The third kappa shape index (κ3) is 3.50. The van der Waals surface area contributed by atoms with E-state index < -0.39 is 0 Å². The summed E-state index contributed by atoms with van der Waals surface area (Å²) in [5, 5.41) is 9.01. The van der Waals surface area contributed by atoms with Crippen molar-refractivity contribution >= 4 is 0 Å². The van der Waals surface area contributed by atoms with Crippen LogP contribution in [0.25, 0.3) is 0 Å². The maximum absolute atomic E-state index is 9.01. The van der Waals surface area contributed by atoms with Crippen LogP contribution in [-0.2, 0) is 6.61 Å². The first kappa shape index (κ1) is 14.8. The molecule has 2 aromatic rings. The van der Waals surface area contributed by atoms with E-state index in [4.69, 9.17) is 20.5 Å². The van der Waals surface area contributed by atoms with Crippen LogP contribution in [0.15, 0.2) is 36.5 Å². The quantitative estimate of drug-likeness (QED) is 0.912. The van der Waals surface area contributed by atoms with Gasteiger partial charge in [0, 0.05) is 17.8 Å². The van der Waals surface area contributed by atoms with Crippen LogP contribution in [0.4, 0.5) is 0 Å². The van der Waals surface area contributed by atoms with Gasteiger partial charge in [-0.2, -0.15) is 5.26 Å². The fraction of sp³-hybridized carbons (Fsp3) is 0.250. The Labute approximate surface area is 123 Å². The van der Waals surface area contributed by atoms with Crippen molar-refractivity contribution in [3.8, 4) is 17.6 Å². The minimum absolute atomic E-state index is 0.0727. The Bertz CT molecular complexity index is 663. The van der Waals surface area contributed by atoms with Crippen LogP contribution in [0.2, 0.25) is 0 Å². The van der Waals surface area contributed by atoms with Crippen LogP contribution in [0, 0.1) is 11.3 Å². The predicted molar refractivity (Wildman–Crippen MR) is 78.9 cm³/mol. The van der Waals surface area contributed by atoms with Crippen molar-refractivity contribution in [2.75, 3.05) is 7.11 Å². The Morgan fingerprint density at radius 2 is 2.14 bits per heavy atom. The van der Waals surface area contributed by atoms with Crippen LogP contribution in [0.1, 0.15) is 29.8 Å². The SMILES string of the molecule is COc1cc([C@H](C)N)ccc1OCc1cccnc1C#N. The van der Waals surface area contributed by atoms with Crippen molar-refractivity contribution in [3.63, 3.8) is 0 Å². The van der Waals surface area contributed by atoms with E-state index in [0.717, 1.165) is 11.1 Å². The Morgan fingerprint density at radius 3 is 2.81 bits per heavy atom. The molecule has 0 fully saturated rings. The van der Waals surface area contributed by atoms with Gasteiger partial charge in [0.1, 0.15) is 18.4 Å². The predicted octanol–water partition coefficient (Wildman–Crippen LogP) is 2.56. The number of nitriles is 1. The molecule has 1 heterocycles. The largest absolute Gasteiger partial charge is 0.493 e. The average Bonchev–Trinajstić information content (AvgIpc) is 2.52. The molecular weight excluding hydrogens is 266 g/mol. The Morgan fingerprint density at radius 1 is 1.33 bits per heavy atom. The lowest BCUT2D eigenvalue weighted by molar-refractivity contribution is 0.283. The first-order valence-corrected chi connectivity index (χ1v) is 6.56. The third-order valence-electron chi connectivity index (χ3n) is 3.09. The lowest BCUT2D eigenvalue weighted by atomic mass is 10.1. The third-order valence-corrected chi connectivity index (χ3v) is 3.09. The van der Waals surface area contributed by atoms with Crippen LogP contribution in [0.5, 0.6) is 11.5 Å². The first-order chi connectivity index (χ1) is 10.2. The molecule has 5 heteroatoms. The number of hydrogen-bond acceptors (Lipinski definition) is 5. The average molecular weight is 283 g/mol. The van der Waals surface area contributed by atoms with Gasteiger partial charge in [-0.3, -0.25) is 0 Å². The van der Waals surface area contributed by atoms with E-state index in [1.807, 2.05) is 37.3 Å². The lowest BCUT2D eigenvalue weighted by Gasteiger charge is -2.14. The second-order valence-electron chi connectivity index (χ2n) is 4.61. The molecule has 1 atom stereocenters. The van der Waals surface area contributed by atoms with Gasteiger partial charge in [-0.25, -0.2) is 4.98 Å². The van der Waals surface area contributed by atoms with Gasteiger partial charge in [-0.1, -0.05) is 12.1 Å². The molecule has 0 amide bonds. The highest BCUT2D eigenvalue weighted by Gasteiger charge is 2.10. The number of pyridine rings is 1. The summed E-state index contributed by atoms with van der Waals surface area (Å²) >= 11 is 0. The molecule has 0 aliphatic rings. The van der Waals surface area contributed by atoms with E-state index in [1.54, 1.807) is 19.4 Å². The zero-order valence-corrected chi connectivity index (χ0v) is 12.0. The number of nitrogens with two attached hydrogens (primary N) is 1. The normalized spacial score (nSPS) is 11.5. The molecule has 0 radical (unpaired) electrons. The van der Waals surface area contributed by atoms with Crippen molar-refractivity contribution in [1.29, 1.82) is 5.26 Å². The zero-order valence-electron chi connectivity index (χ0n) is 12.0. The molecule has 2 rings (SSSR count). The summed E-state index contributed by atoms with van der Waals surface area (Å²) in [7, 11) is 1.58. The number of nitrogens with zero attached hydrogens (tertiary/aromatic N) is 2. The summed E-state index contributed by atoms with van der Waals surface area (Å²) in [6.45, 7) is 2.16. The molecule has 21 heavy (non-hydrogen) atoms. The van der Waals surface area contributed by atoms with E-state index >= 15 is 0 Å². The summed E-state index contributed by atoms with van der Waals surface area (Å²) in [5.41, 5.74) is 7.92. The standard InChI is InChI=1S/C16H17N3O2/c1-11(18)12-5-6-15(16(8-12)20-2)21-10-13-4-3-7-19-14(13)9-17/h3-8,11H,10,18H2,1-2H3/t11-/m0/s1. The van der Waals surface area contributed by atoms with Crippen molar-refractivity contribution in [3.05, 3.63) is 53.3 Å². The molecule has 0 aliphatic carbocycles. The molecule has 2 N–H and O–H groups in total. The lowest BCUT2D eigenvalue weighted by Crippen LogP contribution is -2.06. The minimum atomic E-state index is -0.0727. The van der Waals surface area contributed by atoms with Gasteiger partial charge >= 0.3 is 0 Å². The molecule has 0 saturated heterocycles. The molecule has 5 nitrogen and oxygen atoms in total. The van der Waals surface area contributed by atoms with Crippen molar-refractivity contribution in [2.24, 2.45) is 5.73 Å². The zero-order chi connectivity index (χ0) is 15.2. The van der Waals surface area contributed by atoms with Gasteiger partial charge in [0.05, 0.1) is 7.11 Å². The van der Waals surface area contributed by atoms with Gasteiger partial charge in [0.15, 0.2) is 11.5 Å². The maximum atomic E-state index is 9.01. The molecule has 0 saturated carbocycles. The highest BCUT2D eigenvalue weighted by atomic mass is 16.5. The van der Waals surface area contributed by atoms with Gasteiger partial charge in [-0.15, -0.1) is 0 Å². The van der Waals surface area contributed by atoms with E-state index in [-0.39, 0.29) is 12.6 Å². The number of aromatic nitrogens is 1. The van der Waals surface area contributed by atoms with Gasteiger partial charge < -0.3 is 15.2 Å². The smallest absolute Gasteiger partial charge is 0.161 e. The Hall–Kier alpha value is -2.58. The second-order valence-corrected chi connectivity index (χ2v) is 4.61. The summed E-state index contributed by atoms with van der Waals surface area (Å²) in [4.78, 5) is 4.00. The van der Waals surface area contributed by atoms with Crippen LogP contribution < -0.4 is 15.2 Å². The number of hydrogen-bond donors (Lipinski definition) is 1. The molecule has 1 aromatic carbocycles. The number of benzene rings is 1. The summed E-state index contributed by atoms with van der Waals surface area (Å²) in [6.07, 6.45) is 1.58. The number of methoxy groups -OCH3 is 1. The fourth-order valence-corrected chi connectivity index (χ4v) is 1.90. The molecular formula is C16H17N3O2. The number of ether oxygens (including phenoxy) is 2. The molecule has 0 unspecified atom stereocenters. The highest BCUT2D eigenvalue weighted by molar-refractivity contribution is 5.44. The fourth-order valence-electron chi connectivity index (χ4n) is 1.90. The van der Waals surface area contributed by atoms with Crippen LogP contribution in [-0.4, -0.2) is 12.1 Å². The van der Waals surface area contributed by atoms with E-state index in [0.29, 0.717) is 17.2 Å². The molecule has 0 aliphatic heterocycles. The Balaban J connectivity index is 2.18.